The van der Waals surface area contributed by atoms with Crippen LogP contribution in [0.25, 0.3) is 0 Å². The summed E-state index contributed by atoms with van der Waals surface area (Å²) in [6.07, 6.45) is 1.27. The van der Waals surface area contributed by atoms with E-state index in [1.165, 1.54) is 18.6 Å². The third-order valence-corrected chi connectivity index (χ3v) is 4.01. The molecular formula is C15H16FN5. The van der Waals surface area contributed by atoms with Crippen LogP contribution >= 0.6 is 0 Å². The van der Waals surface area contributed by atoms with Crippen molar-refractivity contribution in [2.75, 3.05) is 23.3 Å². The Morgan fingerprint density at radius 2 is 1.76 bits per heavy atom. The molecule has 1 aromatic carbocycles. The van der Waals surface area contributed by atoms with E-state index in [2.05, 4.69) is 25.7 Å². The van der Waals surface area contributed by atoms with E-state index >= 15 is 0 Å². The lowest BCUT2D eigenvalue weighted by Crippen LogP contribution is -2.67. The van der Waals surface area contributed by atoms with Gasteiger partial charge in [0.15, 0.2) is 11.6 Å². The van der Waals surface area contributed by atoms with Gasteiger partial charge in [-0.2, -0.15) is 0 Å². The fraction of sp³-hybridized carbons (Fsp3) is 0.333. The van der Waals surface area contributed by atoms with Crippen molar-refractivity contribution < 1.29 is 4.39 Å². The first-order valence-electron chi connectivity index (χ1n) is 7.13. The van der Waals surface area contributed by atoms with Crippen LogP contribution in [0.15, 0.2) is 36.4 Å². The van der Waals surface area contributed by atoms with Crippen molar-refractivity contribution in [3.8, 4) is 0 Å². The number of halogens is 1. The van der Waals surface area contributed by atoms with Gasteiger partial charge in [0.1, 0.15) is 5.82 Å². The zero-order chi connectivity index (χ0) is 14.2. The van der Waals surface area contributed by atoms with E-state index in [0.29, 0.717) is 17.9 Å². The van der Waals surface area contributed by atoms with Gasteiger partial charge in [0.25, 0.3) is 0 Å². The molecule has 3 saturated heterocycles. The maximum Gasteiger partial charge on any atom is 0.153 e. The Morgan fingerprint density at radius 3 is 2.38 bits per heavy atom. The first-order chi connectivity index (χ1) is 10.3. The van der Waals surface area contributed by atoms with Gasteiger partial charge in [-0.3, -0.25) is 0 Å². The Bertz CT molecular complexity index is 612. The third kappa shape index (κ3) is 2.54. The molecule has 3 aliphatic rings. The van der Waals surface area contributed by atoms with E-state index < -0.39 is 0 Å². The highest BCUT2D eigenvalue weighted by atomic mass is 19.1. The van der Waals surface area contributed by atoms with E-state index in [-0.39, 0.29) is 5.82 Å². The minimum atomic E-state index is -0.251. The molecule has 4 heterocycles. The number of nitrogens with zero attached hydrogens (tertiary/aromatic N) is 3. The highest BCUT2D eigenvalue weighted by Gasteiger charge is 2.36. The molecule has 1 aromatic heterocycles. The van der Waals surface area contributed by atoms with Crippen molar-refractivity contribution in [1.29, 1.82) is 0 Å². The fourth-order valence-corrected chi connectivity index (χ4v) is 2.94. The number of nitrogens with one attached hydrogen (secondary N) is 2. The molecule has 5 nitrogen and oxygen atoms in total. The van der Waals surface area contributed by atoms with Crippen molar-refractivity contribution in [1.82, 2.24) is 15.5 Å². The molecule has 5 rings (SSSR count). The van der Waals surface area contributed by atoms with Crippen molar-refractivity contribution in [3.05, 3.63) is 42.2 Å². The lowest BCUT2D eigenvalue weighted by molar-refractivity contribution is 0.225. The highest BCUT2D eigenvalue weighted by Crippen LogP contribution is 2.25. The Labute approximate surface area is 122 Å². The Morgan fingerprint density at radius 1 is 1.05 bits per heavy atom. The zero-order valence-electron chi connectivity index (χ0n) is 11.5. The molecule has 3 aliphatic heterocycles. The van der Waals surface area contributed by atoms with Crippen LogP contribution in [0.3, 0.4) is 0 Å². The second kappa shape index (κ2) is 4.96. The van der Waals surface area contributed by atoms with E-state index in [4.69, 9.17) is 0 Å². The van der Waals surface area contributed by atoms with Crippen LogP contribution in [0.1, 0.15) is 6.42 Å². The minimum Gasteiger partial charge on any atom is -0.352 e. The molecule has 2 atom stereocenters. The average Bonchev–Trinajstić information content (AvgIpc) is 2.50. The first kappa shape index (κ1) is 12.5. The van der Waals surface area contributed by atoms with E-state index in [1.807, 2.05) is 12.1 Å². The van der Waals surface area contributed by atoms with Gasteiger partial charge in [0, 0.05) is 30.9 Å². The number of aromatic nitrogens is 2. The lowest BCUT2D eigenvalue weighted by Gasteiger charge is -2.48. The van der Waals surface area contributed by atoms with Crippen LogP contribution < -0.4 is 15.5 Å². The van der Waals surface area contributed by atoms with Crippen LogP contribution in [0.2, 0.25) is 0 Å². The monoisotopic (exact) mass is 285 g/mol. The van der Waals surface area contributed by atoms with Crippen molar-refractivity contribution in [2.24, 2.45) is 0 Å². The summed E-state index contributed by atoms with van der Waals surface area (Å²) in [5.41, 5.74) is 0.793. The first-order valence-corrected chi connectivity index (χ1v) is 7.13. The molecule has 2 bridgehead atoms. The second-order valence-corrected chi connectivity index (χ2v) is 5.61. The summed E-state index contributed by atoms with van der Waals surface area (Å²) in [5.74, 6) is 1.32. The predicted octanol–water partition coefficient (Wildman–Crippen LogP) is 1.91. The molecule has 21 heavy (non-hydrogen) atoms. The summed E-state index contributed by atoms with van der Waals surface area (Å²) in [6.45, 7) is 1.99. The van der Waals surface area contributed by atoms with Crippen molar-refractivity contribution >= 4 is 17.3 Å². The number of rotatable bonds is 3. The molecule has 0 aliphatic carbocycles. The zero-order valence-corrected chi connectivity index (χ0v) is 11.5. The van der Waals surface area contributed by atoms with Crippen LogP contribution in [-0.2, 0) is 0 Å². The summed E-state index contributed by atoms with van der Waals surface area (Å²) in [7, 11) is 0. The predicted molar refractivity (Wildman–Crippen MR) is 79.3 cm³/mol. The molecule has 0 spiro atoms. The number of hydrogen-bond donors (Lipinski definition) is 2. The fourth-order valence-electron chi connectivity index (χ4n) is 2.94. The quantitative estimate of drug-likeness (QED) is 0.902. The van der Waals surface area contributed by atoms with Gasteiger partial charge in [-0.25, -0.2) is 4.39 Å². The molecule has 0 radical (unpaired) electrons. The number of anilines is 3. The number of hydrogen-bond acceptors (Lipinski definition) is 5. The van der Waals surface area contributed by atoms with Crippen molar-refractivity contribution in [3.63, 3.8) is 0 Å². The van der Waals surface area contributed by atoms with Crippen molar-refractivity contribution in [2.45, 2.75) is 18.5 Å². The molecule has 0 saturated carbocycles. The average molecular weight is 285 g/mol. The Balaban J connectivity index is 1.44. The molecular weight excluding hydrogens is 269 g/mol. The smallest absolute Gasteiger partial charge is 0.153 e. The van der Waals surface area contributed by atoms with Gasteiger partial charge in [0.2, 0.25) is 0 Å². The normalized spacial score (nSPS) is 23.6. The Kier molecular flexibility index (Phi) is 2.96. The molecule has 6 heteroatoms. The Hall–Kier alpha value is -2.21. The standard InChI is InChI=1S/C15H16FN5/c16-10-1-3-11(4-2-10)18-14-5-6-15(20-19-14)21-8-12-7-13(9-21)17-12/h1-6,12-13,17H,7-9H2,(H,18,19). The van der Waals surface area contributed by atoms with Gasteiger partial charge in [-0.1, -0.05) is 0 Å². The van der Waals surface area contributed by atoms with E-state index in [1.54, 1.807) is 12.1 Å². The number of piperidine rings is 1. The van der Waals surface area contributed by atoms with Gasteiger partial charge >= 0.3 is 0 Å². The molecule has 108 valence electrons. The van der Waals surface area contributed by atoms with E-state index in [9.17, 15) is 4.39 Å². The summed E-state index contributed by atoms with van der Waals surface area (Å²) in [4.78, 5) is 2.27. The minimum absolute atomic E-state index is 0.251. The van der Waals surface area contributed by atoms with Crippen LogP contribution in [0.4, 0.5) is 21.7 Å². The molecule has 2 aromatic rings. The lowest BCUT2D eigenvalue weighted by atomic mass is 9.91. The summed E-state index contributed by atoms with van der Waals surface area (Å²) < 4.78 is 12.9. The number of benzene rings is 1. The molecule has 0 amide bonds. The topological polar surface area (TPSA) is 53.1 Å². The maximum atomic E-state index is 12.9. The maximum absolute atomic E-state index is 12.9. The van der Waals surface area contributed by atoms with Crippen LogP contribution in [-0.4, -0.2) is 35.4 Å². The van der Waals surface area contributed by atoms with Gasteiger partial charge in [-0.05, 0) is 42.8 Å². The number of fused-ring (bicyclic) bond motifs is 2. The van der Waals surface area contributed by atoms with Gasteiger partial charge < -0.3 is 15.5 Å². The third-order valence-electron chi connectivity index (χ3n) is 4.01. The summed E-state index contributed by atoms with van der Waals surface area (Å²) >= 11 is 0. The van der Waals surface area contributed by atoms with Gasteiger partial charge in [-0.15, -0.1) is 10.2 Å². The molecule has 2 N–H and O–H groups in total. The van der Waals surface area contributed by atoms with E-state index in [0.717, 1.165) is 24.6 Å². The highest BCUT2D eigenvalue weighted by molar-refractivity contribution is 5.56. The largest absolute Gasteiger partial charge is 0.352 e. The summed E-state index contributed by atoms with van der Waals surface area (Å²) in [6, 6.07) is 11.3. The van der Waals surface area contributed by atoms with Crippen LogP contribution in [0.5, 0.6) is 0 Å². The summed E-state index contributed by atoms with van der Waals surface area (Å²) in [5, 5.41) is 15.1. The molecule has 3 fully saturated rings. The SMILES string of the molecule is Fc1ccc(Nc2ccc(N3CC4CC(C3)N4)nn2)cc1. The van der Waals surface area contributed by atoms with Gasteiger partial charge in [0.05, 0.1) is 0 Å². The second-order valence-electron chi connectivity index (χ2n) is 5.61. The molecule has 2 unspecified atom stereocenters. The van der Waals surface area contributed by atoms with Crippen LogP contribution in [0, 0.1) is 5.82 Å². The number of piperazine rings is 1.